The van der Waals surface area contributed by atoms with E-state index in [0.717, 1.165) is 5.56 Å². The van der Waals surface area contributed by atoms with Gasteiger partial charge in [-0.1, -0.05) is 72.8 Å². The molecule has 6 nitrogen and oxygen atoms in total. The lowest BCUT2D eigenvalue weighted by Gasteiger charge is -2.22. The van der Waals surface area contributed by atoms with Gasteiger partial charge < -0.3 is 15.1 Å². The van der Waals surface area contributed by atoms with Crippen molar-refractivity contribution in [3.05, 3.63) is 83.4 Å². The number of hydrogen-bond donors (Lipinski definition) is 2. The molecule has 0 aliphatic carbocycles. The lowest BCUT2D eigenvalue weighted by Crippen LogP contribution is -2.34. The summed E-state index contributed by atoms with van der Waals surface area (Å²) in [6, 6.07) is 17.2. The van der Waals surface area contributed by atoms with E-state index in [2.05, 4.69) is 0 Å². The van der Waals surface area contributed by atoms with E-state index < -0.39 is 23.7 Å². The molecule has 1 amide bonds. The van der Waals surface area contributed by atoms with E-state index in [0.29, 0.717) is 5.56 Å². The molecule has 3 rings (SSSR count). The number of aliphatic hydroxyl groups excluding tert-OH is 1. The van der Waals surface area contributed by atoms with Crippen molar-refractivity contribution in [1.82, 2.24) is 4.90 Å². The van der Waals surface area contributed by atoms with Gasteiger partial charge in [0.05, 0.1) is 11.6 Å². The Balaban J connectivity index is 2.00. The fraction of sp³-hybridized carbons (Fsp3) is 0.174. The summed E-state index contributed by atoms with van der Waals surface area (Å²) in [5.41, 5.74) is 1.32. The number of amides is 1. The zero-order valence-corrected chi connectivity index (χ0v) is 15.7. The van der Waals surface area contributed by atoms with E-state index in [1.54, 1.807) is 42.5 Å². The van der Waals surface area contributed by atoms with Crippen LogP contribution in [0.2, 0.25) is 0 Å². The molecule has 148 valence electrons. The minimum Gasteiger partial charge on any atom is -0.507 e. The topological polar surface area (TPSA) is 94.9 Å². The summed E-state index contributed by atoms with van der Waals surface area (Å²) < 4.78 is 0. The highest BCUT2D eigenvalue weighted by molar-refractivity contribution is 6.47. The molecule has 2 N–H and O–H groups in total. The Bertz CT molecular complexity index is 963. The number of nitrogens with zero attached hydrogens (tertiary/aromatic N) is 1. The third kappa shape index (κ3) is 4.60. The maximum absolute atomic E-state index is 12.7. The van der Waals surface area contributed by atoms with Crippen molar-refractivity contribution in [3.8, 4) is 0 Å². The standard InChI is InChI=1S/C23H21NO5/c25-19(26)12-7-15-24-18(14-13-16-8-3-1-4-9-16)20(22(28)23(24)29)21(27)17-10-5-2-6-11-17/h1-6,8-11,13-14,18,27H,7,12,15H2,(H,25,26)/b14-13+,21-20+/t18-/m1/s1. The molecule has 2 aromatic carbocycles. The Morgan fingerprint density at radius 1 is 0.966 bits per heavy atom. The van der Waals surface area contributed by atoms with Crippen LogP contribution in [0.4, 0.5) is 0 Å². The Morgan fingerprint density at radius 2 is 1.59 bits per heavy atom. The second kappa shape index (κ2) is 9.01. The minimum atomic E-state index is -0.970. The van der Waals surface area contributed by atoms with Crippen molar-refractivity contribution < 1.29 is 24.6 Å². The Labute approximate surface area is 168 Å². The van der Waals surface area contributed by atoms with Crippen LogP contribution in [0.3, 0.4) is 0 Å². The maximum atomic E-state index is 12.7. The van der Waals surface area contributed by atoms with E-state index in [9.17, 15) is 19.5 Å². The predicted molar refractivity (Wildman–Crippen MR) is 109 cm³/mol. The number of Topliss-reactive ketones (excluding diaryl/α,β-unsaturated/α-hetero) is 1. The third-order valence-electron chi connectivity index (χ3n) is 4.69. The van der Waals surface area contributed by atoms with E-state index in [-0.39, 0.29) is 30.7 Å². The summed E-state index contributed by atoms with van der Waals surface area (Å²) in [7, 11) is 0. The van der Waals surface area contributed by atoms with Crippen LogP contribution < -0.4 is 0 Å². The fourth-order valence-corrected chi connectivity index (χ4v) is 3.27. The van der Waals surface area contributed by atoms with Gasteiger partial charge in [0.15, 0.2) is 0 Å². The molecule has 0 aromatic heterocycles. The third-order valence-corrected chi connectivity index (χ3v) is 4.69. The molecule has 1 aliphatic heterocycles. The van der Waals surface area contributed by atoms with Crippen LogP contribution in [-0.4, -0.2) is 45.4 Å². The molecular weight excluding hydrogens is 370 g/mol. The van der Waals surface area contributed by atoms with Gasteiger partial charge in [-0.2, -0.15) is 0 Å². The highest BCUT2D eigenvalue weighted by Gasteiger charge is 2.43. The van der Waals surface area contributed by atoms with Crippen LogP contribution in [0.15, 0.2) is 72.3 Å². The molecule has 0 spiro atoms. The smallest absolute Gasteiger partial charge is 0.303 e. The maximum Gasteiger partial charge on any atom is 0.303 e. The first-order valence-corrected chi connectivity index (χ1v) is 9.28. The van der Waals surface area contributed by atoms with Crippen LogP contribution in [0.25, 0.3) is 11.8 Å². The number of likely N-dealkylation sites (tertiary alicyclic amines) is 1. The Morgan fingerprint density at radius 3 is 2.21 bits per heavy atom. The van der Waals surface area contributed by atoms with Crippen molar-refractivity contribution in [2.75, 3.05) is 6.54 Å². The number of carbonyl (C=O) groups is 3. The van der Waals surface area contributed by atoms with Crippen molar-refractivity contribution in [1.29, 1.82) is 0 Å². The number of carbonyl (C=O) groups excluding carboxylic acids is 2. The van der Waals surface area contributed by atoms with Gasteiger partial charge >= 0.3 is 5.97 Å². The average Bonchev–Trinajstić information content (AvgIpc) is 2.97. The zero-order chi connectivity index (χ0) is 20.8. The molecule has 1 aliphatic rings. The summed E-state index contributed by atoms with van der Waals surface area (Å²) in [5, 5.41) is 19.6. The molecule has 2 aromatic rings. The number of rotatable bonds is 7. The molecule has 0 unspecified atom stereocenters. The van der Waals surface area contributed by atoms with Gasteiger partial charge in [0.25, 0.3) is 11.7 Å². The molecule has 0 bridgehead atoms. The summed E-state index contributed by atoms with van der Waals surface area (Å²) in [4.78, 5) is 37.4. The highest BCUT2D eigenvalue weighted by atomic mass is 16.4. The Kier molecular flexibility index (Phi) is 6.24. The van der Waals surface area contributed by atoms with E-state index in [4.69, 9.17) is 5.11 Å². The first-order chi connectivity index (χ1) is 14.0. The lowest BCUT2D eigenvalue weighted by atomic mass is 10.00. The van der Waals surface area contributed by atoms with Gasteiger partial charge in [-0.05, 0) is 12.0 Å². The molecule has 1 fully saturated rings. The first kappa shape index (κ1) is 20.1. The van der Waals surface area contributed by atoms with Crippen LogP contribution >= 0.6 is 0 Å². The van der Waals surface area contributed by atoms with Gasteiger partial charge in [-0.25, -0.2) is 0 Å². The number of carboxylic acid groups (broad SMARTS) is 1. The Hall–Kier alpha value is -3.67. The van der Waals surface area contributed by atoms with E-state index in [1.807, 2.05) is 30.3 Å². The molecule has 1 atom stereocenters. The highest BCUT2D eigenvalue weighted by Crippen LogP contribution is 2.30. The summed E-state index contributed by atoms with van der Waals surface area (Å²) >= 11 is 0. The van der Waals surface area contributed by atoms with Gasteiger partial charge in [-0.15, -0.1) is 0 Å². The normalized spacial score (nSPS) is 18.5. The van der Waals surface area contributed by atoms with Crippen molar-refractivity contribution >= 4 is 29.5 Å². The molecule has 1 heterocycles. The number of ketones is 1. The van der Waals surface area contributed by atoms with Gasteiger partial charge in [0.1, 0.15) is 5.76 Å². The summed E-state index contributed by atoms with van der Waals surface area (Å²) in [5.74, 6) is -2.73. The lowest BCUT2D eigenvalue weighted by molar-refractivity contribution is -0.140. The van der Waals surface area contributed by atoms with Crippen molar-refractivity contribution in [3.63, 3.8) is 0 Å². The van der Waals surface area contributed by atoms with E-state index >= 15 is 0 Å². The van der Waals surface area contributed by atoms with Crippen LogP contribution in [-0.2, 0) is 14.4 Å². The predicted octanol–water partition coefficient (Wildman–Crippen LogP) is 3.31. The molecule has 0 radical (unpaired) electrons. The second-order valence-corrected chi connectivity index (χ2v) is 6.67. The van der Waals surface area contributed by atoms with Gasteiger partial charge in [-0.3, -0.25) is 14.4 Å². The SMILES string of the molecule is O=C(O)CCCN1C(=O)C(=O)/C(=C(/O)c2ccccc2)[C@H]1/C=C/c1ccccc1. The average molecular weight is 391 g/mol. The number of aliphatic hydroxyl groups is 1. The molecule has 29 heavy (non-hydrogen) atoms. The number of hydrogen-bond acceptors (Lipinski definition) is 4. The molecule has 0 saturated carbocycles. The summed E-state index contributed by atoms with van der Waals surface area (Å²) in [6.07, 6.45) is 3.56. The van der Waals surface area contributed by atoms with Crippen molar-refractivity contribution in [2.24, 2.45) is 0 Å². The minimum absolute atomic E-state index is 0.00343. The summed E-state index contributed by atoms with van der Waals surface area (Å²) in [6.45, 7) is 0.103. The molecular formula is C23H21NO5. The van der Waals surface area contributed by atoms with Gasteiger partial charge in [0, 0.05) is 18.5 Å². The van der Waals surface area contributed by atoms with Crippen molar-refractivity contribution in [2.45, 2.75) is 18.9 Å². The second-order valence-electron chi connectivity index (χ2n) is 6.67. The largest absolute Gasteiger partial charge is 0.507 e. The monoisotopic (exact) mass is 391 g/mol. The quantitative estimate of drug-likeness (QED) is 0.429. The molecule has 1 saturated heterocycles. The fourth-order valence-electron chi connectivity index (χ4n) is 3.27. The number of aliphatic carboxylic acids is 1. The van der Waals surface area contributed by atoms with Gasteiger partial charge in [0.2, 0.25) is 0 Å². The van der Waals surface area contributed by atoms with Crippen LogP contribution in [0, 0.1) is 0 Å². The first-order valence-electron chi connectivity index (χ1n) is 9.28. The van der Waals surface area contributed by atoms with Crippen LogP contribution in [0.5, 0.6) is 0 Å². The van der Waals surface area contributed by atoms with Crippen LogP contribution in [0.1, 0.15) is 24.0 Å². The molecule has 6 heteroatoms. The van der Waals surface area contributed by atoms with E-state index in [1.165, 1.54) is 4.90 Å². The zero-order valence-electron chi connectivity index (χ0n) is 15.7. The number of carboxylic acids is 1. The number of benzene rings is 2.